The lowest BCUT2D eigenvalue weighted by atomic mass is 10.0. The molecular formula is C17H12F5N3O. The van der Waals surface area contributed by atoms with Crippen LogP contribution in [-0.4, -0.2) is 17.2 Å². The third-order valence-corrected chi connectivity index (χ3v) is 3.75. The highest BCUT2D eigenvalue weighted by molar-refractivity contribution is 5.95. The van der Waals surface area contributed by atoms with Gasteiger partial charge in [-0.2, -0.15) is 0 Å². The number of nitrogens with one attached hydrogen (secondary N) is 2. The van der Waals surface area contributed by atoms with Gasteiger partial charge in [0.05, 0.1) is 5.56 Å². The summed E-state index contributed by atoms with van der Waals surface area (Å²) in [4.78, 5) is 2.62. The molecule has 0 amide bonds. The van der Waals surface area contributed by atoms with E-state index in [2.05, 4.69) is 4.98 Å². The molecule has 26 heavy (non-hydrogen) atoms. The summed E-state index contributed by atoms with van der Waals surface area (Å²) in [6, 6.07) is 5.29. The smallest absolute Gasteiger partial charge is 0.273 e. The second-order valence-electron chi connectivity index (χ2n) is 5.43. The van der Waals surface area contributed by atoms with E-state index in [9.17, 15) is 22.0 Å². The number of nitrogen functional groups attached to an aromatic ring is 1. The van der Waals surface area contributed by atoms with Crippen LogP contribution in [-0.2, 0) is 0 Å². The molecule has 0 bridgehead atoms. The van der Waals surface area contributed by atoms with E-state index >= 15 is 0 Å². The SMILES string of the molecule is N=C(N)c1cc(Oc2c(F)cc3[nH]ccc3c2C(F)C(F)F)ccc1F. The number of halogens is 5. The molecule has 0 radical (unpaired) electrons. The van der Waals surface area contributed by atoms with Crippen LogP contribution in [0.3, 0.4) is 0 Å². The van der Waals surface area contributed by atoms with Crippen LogP contribution in [0.5, 0.6) is 11.5 Å². The number of rotatable bonds is 5. The van der Waals surface area contributed by atoms with Gasteiger partial charge >= 0.3 is 0 Å². The molecule has 0 saturated heterocycles. The lowest BCUT2D eigenvalue weighted by Gasteiger charge is -2.17. The van der Waals surface area contributed by atoms with Crippen LogP contribution in [0.4, 0.5) is 22.0 Å². The Morgan fingerprint density at radius 2 is 1.81 bits per heavy atom. The number of ether oxygens (including phenoxy) is 1. The van der Waals surface area contributed by atoms with E-state index in [1.807, 2.05) is 0 Å². The van der Waals surface area contributed by atoms with Crippen molar-refractivity contribution in [2.24, 2.45) is 5.73 Å². The molecular weight excluding hydrogens is 357 g/mol. The maximum atomic E-state index is 14.4. The van der Waals surface area contributed by atoms with Gasteiger partial charge in [0.25, 0.3) is 6.43 Å². The van der Waals surface area contributed by atoms with Crippen molar-refractivity contribution < 1.29 is 26.7 Å². The summed E-state index contributed by atoms with van der Waals surface area (Å²) in [5.41, 5.74) is 4.37. The highest BCUT2D eigenvalue weighted by Crippen LogP contribution is 2.41. The van der Waals surface area contributed by atoms with Gasteiger partial charge < -0.3 is 15.5 Å². The molecule has 1 atom stereocenters. The Hall–Kier alpha value is -3.10. The first-order chi connectivity index (χ1) is 12.3. The maximum Gasteiger partial charge on any atom is 0.273 e. The van der Waals surface area contributed by atoms with Gasteiger partial charge in [-0.05, 0) is 24.3 Å². The Morgan fingerprint density at radius 1 is 1.08 bits per heavy atom. The number of hydrogen-bond donors (Lipinski definition) is 3. The molecule has 0 fully saturated rings. The molecule has 0 aliphatic carbocycles. The van der Waals surface area contributed by atoms with Crippen LogP contribution < -0.4 is 10.5 Å². The van der Waals surface area contributed by atoms with E-state index in [-0.39, 0.29) is 22.2 Å². The zero-order chi connectivity index (χ0) is 19.0. The molecule has 0 saturated carbocycles. The normalized spacial score (nSPS) is 12.5. The van der Waals surface area contributed by atoms with Crippen molar-refractivity contribution in [3.05, 3.63) is 59.3 Å². The minimum atomic E-state index is -3.40. The molecule has 3 aromatic rings. The van der Waals surface area contributed by atoms with Crippen molar-refractivity contribution >= 4 is 16.7 Å². The van der Waals surface area contributed by atoms with Crippen molar-refractivity contribution in [3.63, 3.8) is 0 Å². The summed E-state index contributed by atoms with van der Waals surface area (Å²) in [6.07, 6.45) is -4.86. The lowest BCUT2D eigenvalue weighted by Crippen LogP contribution is -2.13. The Bertz CT molecular complexity index is 986. The molecule has 0 spiro atoms. The van der Waals surface area contributed by atoms with Crippen molar-refractivity contribution in [3.8, 4) is 11.5 Å². The molecule has 9 heteroatoms. The van der Waals surface area contributed by atoms with Crippen molar-refractivity contribution in [2.75, 3.05) is 0 Å². The van der Waals surface area contributed by atoms with Gasteiger partial charge in [0, 0.05) is 28.7 Å². The molecule has 1 unspecified atom stereocenters. The van der Waals surface area contributed by atoms with E-state index in [1.54, 1.807) is 0 Å². The molecule has 0 aliphatic heterocycles. The number of aromatic amines is 1. The van der Waals surface area contributed by atoms with E-state index in [4.69, 9.17) is 15.9 Å². The van der Waals surface area contributed by atoms with E-state index in [0.29, 0.717) is 0 Å². The van der Waals surface area contributed by atoms with Gasteiger partial charge in [0.1, 0.15) is 17.4 Å². The number of hydrogen-bond acceptors (Lipinski definition) is 2. The fourth-order valence-electron chi connectivity index (χ4n) is 2.58. The van der Waals surface area contributed by atoms with Crippen LogP contribution >= 0.6 is 0 Å². The molecule has 4 nitrogen and oxygen atoms in total. The highest BCUT2D eigenvalue weighted by Gasteiger charge is 2.30. The van der Waals surface area contributed by atoms with Gasteiger partial charge in [0.15, 0.2) is 17.7 Å². The number of aromatic nitrogens is 1. The number of H-pyrrole nitrogens is 1. The zero-order valence-electron chi connectivity index (χ0n) is 13.0. The summed E-state index contributed by atoms with van der Waals surface area (Å²) in [5.74, 6) is -3.43. The highest BCUT2D eigenvalue weighted by atomic mass is 19.3. The quantitative estimate of drug-likeness (QED) is 0.343. The predicted molar refractivity (Wildman–Crippen MR) is 85.6 cm³/mol. The van der Waals surface area contributed by atoms with E-state index in [1.165, 1.54) is 12.3 Å². The first-order valence-electron chi connectivity index (χ1n) is 7.33. The first kappa shape index (κ1) is 17.7. The van der Waals surface area contributed by atoms with Gasteiger partial charge in [-0.3, -0.25) is 5.41 Å². The van der Waals surface area contributed by atoms with E-state index in [0.717, 1.165) is 24.3 Å². The topological polar surface area (TPSA) is 74.9 Å². The van der Waals surface area contributed by atoms with E-state index < -0.39 is 41.4 Å². The van der Waals surface area contributed by atoms with Gasteiger partial charge in [-0.25, -0.2) is 22.0 Å². The number of amidine groups is 1. The van der Waals surface area contributed by atoms with Gasteiger partial charge in [-0.1, -0.05) is 0 Å². The summed E-state index contributed by atoms with van der Waals surface area (Å²) in [6.45, 7) is 0. The fraction of sp³-hybridized carbons (Fsp3) is 0.118. The average Bonchev–Trinajstić information content (AvgIpc) is 3.03. The molecule has 4 N–H and O–H groups in total. The Balaban J connectivity index is 2.16. The summed E-state index contributed by atoms with van der Waals surface area (Å²) >= 11 is 0. The summed E-state index contributed by atoms with van der Waals surface area (Å²) in [7, 11) is 0. The minimum Gasteiger partial charge on any atom is -0.454 e. The Morgan fingerprint density at radius 3 is 2.46 bits per heavy atom. The fourth-order valence-corrected chi connectivity index (χ4v) is 2.58. The minimum absolute atomic E-state index is 0.0307. The number of benzene rings is 2. The predicted octanol–water partition coefficient (Wildman–Crippen LogP) is 4.80. The number of alkyl halides is 3. The van der Waals surface area contributed by atoms with Crippen LogP contribution in [0.2, 0.25) is 0 Å². The van der Waals surface area contributed by atoms with Crippen LogP contribution in [0.1, 0.15) is 17.3 Å². The molecule has 1 heterocycles. The molecule has 136 valence electrons. The second-order valence-corrected chi connectivity index (χ2v) is 5.43. The second kappa shape index (κ2) is 6.66. The zero-order valence-corrected chi connectivity index (χ0v) is 13.0. The Kier molecular flexibility index (Phi) is 4.54. The monoisotopic (exact) mass is 369 g/mol. The van der Waals surface area contributed by atoms with Crippen LogP contribution in [0, 0.1) is 17.0 Å². The lowest BCUT2D eigenvalue weighted by molar-refractivity contribution is 0.0490. The number of nitrogens with two attached hydrogens (primary N) is 1. The third-order valence-electron chi connectivity index (χ3n) is 3.75. The maximum absolute atomic E-state index is 14.4. The van der Waals surface area contributed by atoms with Crippen molar-refractivity contribution in [2.45, 2.75) is 12.6 Å². The third kappa shape index (κ3) is 3.07. The summed E-state index contributed by atoms with van der Waals surface area (Å²) < 4.78 is 73.3. The molecule has 1 aromatic heterocycles. The Labute approximate surface area is 143 Å². The largest absolute Gasteiger partial charge is 0.454 e. The van der Waals surface area contributed by atoms with Crippen molar-refractivity contribution in [1.29, 1.82) is 5.41 Å². The standard InChI is InChI=1S/C17H12F5N3O/c18-10-2-1-7(5-9(10)17(23)24)26-15-11(19)6-12-8(3-4-25-12)13(15)14(20)16(21)22/h1-6,14,16,25H,(H3,23,24). The van der Waals surface area contributed by atoms with Crippen LogP contribution in [0.15, 0.2) is 36.5 Å². The van der Waals surface area contributed by atoms with Gasteiger partial charge in [-0.15, -0.1) is 0 Å². The summed E-state index contributed by atoms with van der Waals surface area (Å²) in [5, 5.41) is 7.32. The molecule has 3 rings (SSSR count). The molecule has 0 aliphatic rings. The first-order valence-corrected chi connectivity index (χ1v) is 7.33. The number of fused-ring (bicyclic) bond motifs is 1. The average molecular weight is 369 g/mol. The van der Waals surface area contributed by atoms with Crippen LogP contribution in [0.25, 0.3) is 10.9 Å². The van der Waals surface area contributed by atoms with Crippen molar-refractivity contribution in [1.82, 2.24) is 4.98 Å². The van der Waals surface area contributed by atoms with Gasteiger partial charge in [0.2, 0.25) is 0 Å². The molecule has 2 aromatic carbocycles.